The molecule has 0 saturated carbocycles. The van der Waals surface area contributed by atoms with E-state index in [4.69, 9.17) is 0 Å². The van der Waals surface area contributed by atoms with E-state index in [-0.39, 0.29) is 5.56 Å². The zero-order valence-corrected chi connectivity index (χ0v) is 14.3. The molecule has 0 bridgehead atoms. The number of hydrogen-bond acceptors (Lipinski definition) is 2. The van der Waals surface area contributed by atoms with Crippen molar-refractivity contribution >= 4 is 38.4 Å². The Bertz CT molecular complexity index is 1330. The van der Waals surface area contributed by atoms with E-state index in [0.717, 1.165) is 44.1 Å². The van der Waals surface area contributed by atoms with E-state index in [2.05, 4.69) is 39.1 Å². The molecule has 0 aliphatic rings. The van der Waals surface area contributed by atoms with Crippen molar-refractivity contribution in [1.29, 1.82) is 0 Å². The summed E-state index contributed by atoms with van der Waals surface area (Å²) in [6.07, 6.45) is 0. The highest BCUT2D eigenvalue weighted by molar-refractivity contribution is 6.18. The molecule has 126 valence electrons. The number of nitrogens with one attached hydrogen (secondary N) is 2. The first-order valence-electron chi connectivity index (χ1n) is 8.61. The molecule has 0 saturated heterocycles. The van der Waals surface area contributed by atoms with Gasteiger partial charge in [-0.3, -0.25) is 4.79 Å². The highest BCUT2D eigenvalue weighted by Crippen LogP contribution is 2.35. The first-order valence-corrected chi connectivity index (χ1v) is 8.61. The maximum atomic E-state index is 13.0. The topological polar surface area (TPSA) is 49.8 Å². The van der Waals surface area contributed by atoms with Crippen molar-refractivity contribution in [1.82, 2.24) is 9.55 Å². The third kappa shape index (κ3) is 1.93. The maximum absolute atomic E-state index is 13.0. The lowest BCUT2D eigenvalue weighted by molar-refractivity contribution is 1.18. The first kappa shape index (κ1) is 14.8. The molecule has 4 nitrogen and oxygen atoms in total. The van der Waals surface area contributed by atoms with Gasteiger partial charge in [0.05, 0.1) is 27.6 Å². The van der Waals surface area contributed by atoms with Crippen molar-refractivity contribution in [3.8, 4) is 5.69 Å². The van der Waals surface area contributed by atoms with Crippen molar-refractivity contribution in [2.45, 2.75) is 0 Å². The van der Waals surface area contributed by atoms with Crippen LogP contribution in [0, 0.1) is 0 Å². The lowest BCUT2D eigenvalue weighted by atomic mass is 10.1. The van der Waals surface area contributed by atoms with Crippen LogP contribution in [0.3, 0.4) is 0 Å². The van der Waals surface area contributed by atoms with Gasteiger partial charge in [0.15, 0.2) is 0 Å². The normalized spacial score (nSPS) is 11.4. The molecule has 26 heavy (non-hydrogen) atoms. The number of benzene rings is 3. The van der Waals surface area contributed by atoms with Crippen LogP contribution in [-0.2, 0) is 0 Å². The Hall–Kier alpha value is -3.53. The Morgan fingerprint density at radius 2 is 1.58 bits per heavy atom. The minimum atomic E-state index is -0.0684. The van der Waals surface area contributed by atoms with Gasteiger partial charge in [-0.15, -0.1) is 0 Å². The summed E-state index contributed by atoms with van der Waals surface area (Å²) in [5, 5.41) is 5.88. The molecule has 0 aliphatic heterocycles. The summed E-state index contributed by atoms with van der Waals surface area (Å²) in [7, 11) is 1.87. The molecule has 0 spiro atoms. The predicted molar refractivity (Wildman–Crippen MR) is 108 cm³/mol. The largest absolute Gasteiger partial charge is 0.386 e. The third-order valence-corrected chi connectivity index (χ3v) is 4.94. The van der Waals surface area contributed by atoms with Crippen LogP contribution >= 0.6 is 0 Å². The van der Waals surface area contributed by atoms with Crippen LogP contribution in [0.25, 0.3) is 38.4 Å². The molecule has 0 amide bonds. The average molecular weight is 339 g/mol. The number of nitrogens with zero attached hydrogens (tertiary/aromatic N) is 1. The lowest BCUT2D eigenvalue weighted by Gasteiger charge is -2.11. The van der Waals surface area contributed by atoms with Gasteiger partial charge in [0.2, 0.25) is 0 Å². The van der Waals surface area contributed by atoms with E-state index in [1.807, 2.05) is 55.6 Å². The van der Waals surface area contributed by atoms with Crippen LogP contribution in [0.4, 0.5) is 5.69 Å². The summed E-state index contributed by atoms with van der Waals surface area (Å²) >= 11 is 0. The molecule has 0 unspecified atom stereocenters. The second-order valence-electron chi connectivity index (χ2n) is 6.34. The zero-order valence-electron chi connectivity index (χ0n) is 14.3. The molecule has 0 aliphatic carbocycles. The van der Waals surface area contributed by atoms with Gasteiger partial charge in [0, 0.05) is 23.5 Å². The van der Waals surface area contributed by atoms with Crippen LogP contribution in [0.15, 0.2) is 77.6 Å². The van der Waals surface area contributed by atoms with E-state index in [9.17, 15) is 4.79 Å². The minimum absolute atomic E-state index is 0.0684. The second kappa shape index (κ2) is 5.49. The Labute approximate surface area is 149 Å². The molecular formula is C22H17N3O. The van der Waals surface area contributed by atoms with Crippen LogP contribution in [0.5, 0.6) is 0 Å². The molecule has 5 rings (SSSR count). The fourth-order valence-electron chi connectivity index (χ4n) is 3.84. The number of anilines is 1. The second-order valence-corrected chi connectivity index (χ2v) is 6.34. The number of H-pyrrole nitrogens is 1. The van der Waals surface area contributed by atoms with Gasteiger partial charge in [-0.05, 0) is 24.3 Å². The average Bonchev–Trinajstić information content (AvgIpc) is 3.04. The summed E-state index contributed by atoms with van der Waals surface area (Å²) in [5.74, 6) is 0. The fourth-order valence-corrected chi connectivity index (χ4v) is 3.84. The van der Waals surface area contributed by atoms with Gasteiger partial charge >= 0.3 is 0 Å². The highest BCUT2D eigenvalue weighted by Gasteiger charge is 2.18. The van der Waals surface area contributed by atoms with Crippen LogP contribution in [0.2, 0.25) is 0 Å². The molecular weight excluding hydrogens is 322 g/mol. The van der Waals surface area contributed by atoms with Crippen molar-refractivity contribution in [3.63, 3.8) is 0 Å². The van der Waals surface area contributed by atoms with E-state index in [1.165, 1.54) is 0 Å². The number of fused-ring (bicyclic) bond motifs is 5. The summed E-state index contributed by atoms with van der Waals surface area (Å²) in [4.78, 5) is 16.1. The van der Waals surface area contributed by atoms with Gasteiger partial charge in [-0.25, -0.2) is 0 Å². The third-order valence-electron chi connectivity index (χ3n) is 4.94. The summed E-state index contributed by atoms with van der Waals surface area (Å²) in [6, 6.07) is 24.3. The molecule has 3 aromatic carbocycles. The Balaban J connectivity index is 2.13. The van der Waals surface area contributed by atoms with Crippen molar-refractivity contribution in [2.75, 3.05) is 12.4 Å². The van der Waals surface area contributed by atoms with Crippen molar-refractivity contribution < 1.29 is 0 Å². The van der Waals surface area contributed by atoms with Crippen LogP contribution in [0.1, 0.15) is 0 Å². The predicted octanol–water partition coefficient (Wildman–Crippen LogP) is 4.67. The first-order chi connectivity index (χ1) is 12.8. The SMILES string of the molecule is CNc1cccc2c1[nH]c(=O)c1c3ccccc3n(-c3ccccc3)c21. The van der Waals surface area contributed by atoms with E-state index in [0.29, 0.717) is 0 Å². The van der Waals surface area contributed by atoms with Gasteiger partial charge < -0.3 is 14.9 Å². The highest BCUT2D eigenvalue weighted by atomic mass is 16.1. The maximum Gasteiger partial charge on any atom is 0.258 e. The molecule has 2 N–H and O–H groups in total. The Morgan fingerprint density at radius 3 is 2.38 bits per heavy atom. The number of para-hydroxylation sites is 3. The van der Waals surface area contributed by atoms with Crippen LogP contribution < -0.4 is 10.9 Å². The molecule has 2 aromatic heterocycles. The van der Waals surface area contributed by atoms with Gasteiger partial charge in [-0.2, -0.15) is 0 Å². The summed E-state index contributed by atoms with van der Waals surface area (Å²) < 4.78 is 2.18. The van der Waals surface area contributed by atoms with Gasteiger partial charge in [-0.1, -0.05) is 48.5 Å². The smallest absolute Gasteiger partial charge is 0.258 e. The number of aromatic amines is 1. The minimum Gasteiger partial charge on any atom is -0.386 e. The molecule has 4 heteroatoms. The monoisotopic (exact) mass is 339 g/mol. The standard InChI is InChI=1S/C22H17N3O/c1-23-17-12-7-11-16-20(17)24-22(26)19-15-10-5-6-13-18(15)25(21(16)19)14-8-3-2-4-9-14/h2-13,23H,1H3,(H,24,26). The van der Waals surface area contributed by atoms with E-state index >= 15 is 0 Å². The summed E-state index contributed by atoms with van der Waals surface area (Å²) in [5.41, 5.74) is 4.68. The Kier molecular flexibility index (Phi) is 3.12. The summed E-state index contributed by atoms with van der Waals surface area (Å²) in [6.45, 7) is 0. The quantitative estimate of drug-likeness (QED) is 0.491. The van der Waals surface area contributed by atoms with E-state index < -0.39 is 0 Å². The van der Waals surface area contributed by atoms with Gasteiger partial charge in [0.1, 0.15) is 0 Å². The number of hydrogen-bond donors (Lipinski definition) is 2. The molecule has 0 radical (unpaired) electrons. The van der Waals surface area contributed by atoms with Gasteiger partial charge in [0.25, 0.3) is 5.56 Å². The fraction of sp³-hybridized carbons (Fsp3) is 0.0455. The molecule has 5 aromatic rings. The van der Waals surface area contributed by atoms with E-state index in [1.54, 1.807) is 0 Å². The van der Waals surface area contributed by atoms with Crippen LogP contribution in [-0.4, -0.2) is 16.6 Å². The van der Waals surface area contributed by atoms with Crippen molar-refractivity contribution in [3.05, 3.63) is 83.2 Å². The molecule has 2 heterocycles. The number of aromatic nitrogens is 2. The zero-order chi connectivity index (χ0) is 17.7. The molecule has 0 fully saturated rings. The molecule has 0 atom stereocenters. The Morgan fingerprint density at radius 1 is 0.846 bits per heavy atom. The lowest BCUT2D eigenvalue weighted by Crippen LogP contribution is -2.08. The number of rotatable bonds is 2. The van der Waals surface area contributed by atoms with Crippen molar-refractivity contribution in [2.24, 2.45) is 0 Å². The number of pyridine rings is 1.